The summed E-state index contributed by atoms with van der Waals surface area (Å²) in [4.78, 5) is 15.0. The van der Waals surface area contributed by atoms with Crippen molar-refractivity contribution in [1.82, 2.24) is 10.2 Å². The van der Waals surface area contributed by atoms with Gasteiger partial charge in [-0.25, -0.2) is 8.42 Å². The highest BCUT2D eigenvalue weighted by Gasteiger charge is 2.25. The number of nitrogens with two attached hydrogens (primary N) is 1. The van der Waals surface area contributed by atoms with E-state index in [1.807, 2.05) is 0 Å². The number of anilines is 1. The van der Waals surface area contributed by atoms with Crippen LogP contribution in [0.5, 0.6) is 5.75 Å². The van der Waals surface area contributed by atoms with Crippen LogP contribution in [0.1, 0.15) is 44.0 Å². The van der Waals surface area contributed by atoms with Gasteiger partial charge in [-0.15, -0.1) is 0 Å². The Balaban J connectivity index is 2.27. The van der Waals surface area contributed by atoms with Gasteiger partial charge in [0.1, 0.15) is 5.75 Å². The van der Waals surface area contributed by atoms with Gasteiger partial charge in [-0.3, -0.25) is 9.69 Å². The average molecular weight is 384 g/mol. The van der Waals surface area contributed by atoms with E-state index in [4.69, 9.17) is 10.5 Å². The number of rotatable bonds is 8. The summed E-state index contributed by atoms with van der Waals surface area (Å²) in [6, 6.07) is 3.07. The van der Waals surface area contributed by atoms with Crippen LogP contribution in [0, 0.1) is 0 Å². The van der Waals surface area contributed by atoms with Gasteiger partial charge in [0, 0.05) is 18.7 Å². The zero-order valence-corrected chi connectivity index (χ0v) is 16.6. The van der Waals surface area contributed by atoms with Crippen molar-refractivity contribution in [2.45, 2.75) is 44.6 Å². The molecule has 0 radical (unpaired) electrons. The van der Waals surface area contributed by atoms with Gasteiger partial charge < -0.3 is 15.8 Å². The zero-order valence-electron chi connectivity index (χ0n) is 15.7. The number of benzene rings is 1. The van der Waals surface area contributed by atoms with Crippen LogP contribution < -0.4 is 15.8 Å². The van der Waals surface area contributed by atoms with E-state index in [1.165, 1.54) is 12.1 Å². The van der Waals surface area contributed by atoms with Crippen LogP contribution in [0.2, 0.25) is 0 Å². The fraction of sp³-hybridized carbons (Fsp3) is 0.611. The molecule has 1 aromatic carbocycles. The van der Waals surface area contributed by atoms with Gasteiger partial charge in [-0.2, -0.15) is 0 Å². The maximum atomic E-state index is 12.7. The van der Waals surface area contributed by atoms with Gasteiger partial charge >= 0.3 is 0 Å². The number of sulfone groups is 1. The van der Waals surface area contributed by atoms with Gasteiger partial charge in [-0.05, 0) is 38.9 Å². The van der Waals surface area contributed by atoms with Crippen LogP contribution >= 0.6 is 0 Å². The summed E-state index contributed by atoms with van der Waals surface area (Å²) in [7, 11) is -3.53. The molecule has 1 aliphatic rings. The predicted octanol–water partition coefficient (Wildman–Crippen LogP) is 1.68. The molecule has 0 bridgehead atoms. The summed E-state index contributed by atoms with van der Waals surface area (Å²) in [5, 5.41) is 2.92. The van der Waals surface area contributed by atoms with Crippen LogP contribution in [0.4, 0.5) is 5.69 Å². The van der Waals surface area contributed by atoms with Crippen LogP contribution in [-0.2, 0) is 9.84 Å². The zero-order chi connectivity index (χ0) is 19.3. The Hall–Kier alpha value is -1.80. The second-order valence-electron chi connectivity index (χ2n) is 6.36. The SMILES string of the molecule is CCOc1cc(N)c(S(=O)(=O)CC)cc1C(=O)NC[C@H]1CCCN1CC. The van der Waals surface area contributed by atoms with E-state index in [2.05, 4.69) is 17.1 Å². The summed E-state index contributed by atoms with van der Waals surface area (Å²) < 4.78 is 30.0. The number of amides is 1. The molecule has 3 N–H and O–H groups in total. The highest BCUT2D eigenvalue weighted by Crippen LogP contribution is 2.29. The third-order valence-corrected chi connectivity index (χ3v) is 6.56. The van der Waals surface area contributed by atoms with Crippen molar-refractivity contribution in [2.75, 3.05) is 37.7 Å². The molecule has 1 aromatic rings. The fourth-order valence-electron chi connectivity index (χ4n) is 3.30. The molecule has 0 unspecified atom stereocenters. The molecule has 1 fully saturated rings. The Morgan fingerprint density at radius 1 is 1.35 bits per heavy atom. The number of hydrogen-bond donors (Lipinski definition) is 2. The number of likely N-dealkylation sites (tertiary alicyclic amines) is 1. The first kappa shape index (κ1) is 20.5. The van der Waals surface area contributed by atoms with Gasteiger partial charge in [0.25, 0.3) is 5.91 Å². The van der Waals surface area contributed by atoms with Crippen LogP contribution in [0.25, 0.3) is 0 Å². The largest absolute Gasteiger partial charge is 0.493 e. The van der Waals surface area contributed by atoms with E-state index in [0.29, 0.717) is 24.9 Å². The minimum Gasteiger partial charge on any atom is -0.493 e. The van der Waals surface area contributed by atoms with Crippen molar-refractivity contribution in [3.8, 4) is 5.75 Å². The first-order chi connectivity index (χ1) is 12.3. The first-order valence-corrected chi connectivity index (χ1v) is 10.8. The fourth-order valence-corrected chi connectivity index (χ4v) is 4.33. The smallest absolute Gasteiger partial charge is 0.255 e. The third kappa shape index (κ3) is 4.48. The lowest BCUT2D eigenvalue weighted by atomic mass is 10.1. The minimum absolute atomic E-state index is 0.0235. The van der Waals surface area contributed by atoms with Crippen LogP contribution in [0.15, 0.2) is 17.0 Å². The molecule has 1 heterocycles. The molecule has 8 heteroatoms. The monoisotopic (exact) mass is 383 g/mol. The second kappa shape index (κ2) is 8.73. The lowest BCUT2D eigenvalue weighted by Crippen LogP contribution is -2.40. The molecule has 7 nitrogen and oxygen atoms in total. The van der Waals surface area contributed by atoms with Crippen molar-refractivity contribution >= 4 is 21.4 Å². The molecule has 1 atom stereocenters. The summed E-state index contributed by atoms with van der Waals surface area (Å²) >= 11 is 0. The molecule has 146 valence electrons. The van der Waals surface area contributed by atoms with Crippen molar-refractivity contribution in [3.05, 3.63) is 17.7 Å². The molecule has 2 rings (SSSR count). The molecule has 26 heavy (non-hydrogen) atoms. The highest BCUT2D eigenvalue weighted by atomic mass is 32.2. The van der Waals surface area contributed by atoms with Gasteiger partial charge in [0.15, 0.2) is 9.84 Å². The number of likely N-dealkylation sites (N-methyl/N-ethyl adjacent to an activating group) is 1. The number of nitrogens with one attached hydrogen (secondary N) is 1. The van der Waals surface area contributed by atoms with Gasteiger partial charge in [0.2, 0.25) is 0 Å². The molecular weight excluding hydrogens is 354 g/mol. The molecule has 0 aromatic heterocycles. The lowest BCUT2D eigenvalue weighted by molar-refractivity contribution is 0.0937. The second-order valence-corrected chi connectivity index (χ2v) is 8.60. The number of hydrogen-bond acceptors (Lipinski definition) is 6. The Kier molecular flexibility index (Phi) is 6.88. The van der Waals surface area contributed by atoms with E-state index in [0.717, 1.165) is 25.9 Å². The number of nitrogen functional groups attached to an aromatic ring is 1. The van der Waals surface area contributed by atoms with Crippen LogP contribution in [-0.4, -0.2) is 57.3 Å². The Morgan fingerprint density at radius 3 is 2.69 bits per heavy atom. The number of nitrogens with zero attached hydrogens (tertiary/aromatic N) is 1. The maximum Gasteiger partial charge on any atom is 0.255 e. The minimum atomic E-state index is -3.53. The molecule has 0 aliphatic carbocycles. The quantitative estimate of drug-likeness (QED) is 0.662. The van der Waals surface area contributed by atoms with Crippen LogP contribution in [0.3, 0.4) is 0 Å². The Labute approximate surface area is 155 Å². The van der Waals surface area contributed by atoms with Crippen molar-refractivity contribution < 1.29 is 17.9 Å². The van der Waals surface area contributed by atoms with E-state index in [-0.39, 0.29) is 27.8 Å². The van der Waals surface area contributed by atoms with E-state index >= 15 is 0 Å². The van der Waals surface area contributed by atoms with Gasteiger partial charge in [0.05, 0.1) is 28.5 Å². The first-order valence-electron chi connectivity index (χ1n) is 9.15. The Morgan fingerprint density at radius 2 is 2.08 bits per heavy atom. The van der Waals surface area contributed by atoms with E-state index in [9.17, 15) is 13.2 Å². The highest BCUT2D eigenvalue weighted by molar-refractivity contribution is 7.91. The van der Waals surface area contributed by atoms with Crippen molar-refractivity contribution in [1.29, 1.82) is 0 Å². The molecule has 1 amide bonds. The summed E-state index contributed by atoms with van der Waals surface area (Å²) in [5.74, 6) is -0.125. The predicted molar refractivity (Wildman–Crippen MR) is 102 cm³/mol. The normalized spacial score (nSPS) is 18.0. The molecule has 0 saturated carbocycles. The summed E-state index contributed by atoms with van der Waals surface area (Å²) in [5.41, 5.74) is 6.19. The number of carbonyl (C=O) groups is 1. The summed E-state index contributed by atoms with van der Waals surface area (Å²) in [6.07, 6.45) is 2.17. The Bertz CT molecular complexity index is 749. The molecule has 1 saturated heterocycles. The van der Waals surface area contributed by atoms with Crippen molar-refractivity contribution in [3.63, 3.8) is 0 Å². The van der Waals surface area contributed by atoms with Gasteiger partial charge in [-0.1, -0.05) is 13.8 Å². The average Bonchev–Trinajstić information content (AvgIpc) is 3.07. The molecule has 0 spiro atoms. The van der Waals surface area contributed by atoms with E-state index in [1.54, 1.807) is 13.8 Å². The third-order valence-electron chi connectivity index (χ3n) is 4.78. The molecule has 1 aliphatic heterocycles. The number of ether oxygens (including phenoxy) is 1. The topological polar surface area (TPSA) is 102 Å². The summed E-state index contributed by atoms with van der Waals surface area (Å²) in [6.45, 7) is 8.32. The standard InChI is InChI=1S/C18H29N3O4S/c1-4-21-9-7-8-13(21)12-20-18(22)14-10-17(26(23,24)6-3)15(19)11-16(14)25-5-2/h10-11,13H,4-9,12,19H2,1-3H3,(H,20,22)/t13-/m1/s1. The van der Waals surface area contributed by atoms with E-state index < -0.39 is 9.84 Å². The van der Waals surface area contributed by atoms with Crippen molar-refractivity contribution in [2.24, 2.45) is 0 Å². The number of carbonyl (C=O) groups excluding carboxylic acids is 1. The molecular formula is C18H29N3O4S. The maximum absolute atomic E-state index is 12.7. The lowest BCUT2D eigenvalue weighted by Gasteiger charge is -2.23.